The molecule has 0 fully saturated rings. The number of carbonyl (C=O) groups is 3. The summed E-state index contributed by atoms with van der Waals surface area (Å²) in [7, 11) is 1.24. The minimum absolute atomic E-state index is 0.153. The van der Waals surface area contributed by atoms with Crippen molar-refractivity contribution in [3.63, 3.8) is 0 Å². The average molecular weight is 373 g/mol. The van der Waals surface area contributed by atoms with Crippen molar-refractivity contribution in [3.8, 4) is 6.07 Å². The van der Waals surface area contributed by atoms with Gasteiger partial charge in [-0.05, 0) is 31.9 Å². The molecule has 0 spiro atoms. The Bertz CT molecular complexity index is 947. The lowest BCUT2D eigenvalue weighted by Crippen LogP contribution is -2.17. The van der Waals surface area contributed by atoms with Crippen molar-refractivity contribution in [2.75, 3.05) is 12.4 Å². The quantitative estimate of drug-likeness (QED) is 0.618. The highest BCUT2D eigenvalue weighted by atomic mass is 32.1. The fourth-order valence-corrected chi connectivity index (χ4v) is 3.73. The minimum Gasteiger partial charge on any atom is -0.465 e. The van der Waals surface area contributed by atoms with Gasteiger partial charge in [0.25, 0.3) is 0 Å². The molecule has 0 saturated carbocycles. The molecule has 136 valence electrons. The molecule has 0 bridgehead atoms. The maximum atomic E-state index is 12.5. The number of nitrogens with one attached hydrogen (secondary N) is 2. The maximum Gasteiger partial charge on any atom is 0.339 e. The molecule has 0 unspecified atom stereocenters. The first kappa shape index (κ1) is 19.4. The lowest BCUT2D eigenvalue weighted by Gasteiger charge is -2.05. The number of carbonyl (C=O) groups excluding carboxylic acids is 3. The van der Waals surface area contributed by atoms with Gasteiger partial charge < -0.3 is 15.0 Å². The van der Waals surface area contributed by atoms with E-state index in [9.17, 15) is 19.6 Å². The fraction of sp³-hybridized carbons (Fsp3) is 0.333. The smallest absolute Gasteiger partial charge is 0.339 e. The average Bonchev–Trinajstić information content (AvgIpc) is 3.03. The summed E-state index contributed by atoms with van der Waals surface area (Å²) in [5.74, 6) is -1.26. The molecule has 2 aromatic heterocycles. The van der Waals surface area contributed by atoms with Crippen LogP contribution in [0.25, 0.3) is 0 Å². The number of hydrogen-bond donors (Lipinski definition) is 2. The SMILES string of the molecule is COC(=O)c1c(CC(=O)Nc2sc(C)c(C)c2C#N)[nH]c(C(C)=O)c1C. The number of nitrogens with zero attached hydrogens (tertiary/aromatic N) is 1. The van der Waals surface area contributed by atoms with E-state index in [1.807, 2.05) is 13.8 Å². The number of hydrogen-bond acceptors (Lipinski definition) is 6. The van der Waals surface area contributed by atoms with Gasteiger partial charge in [-0.3, -0.25) is 9.59 Å². The second-order valence-electron chi connectivity index (χ2n) is 5.85. The summed E-state index contributed by atoms with van der Waals surface area (Å²) in [6, 6.07) is 2.09. The van der Waals surface area contributed by atoms with Crippen molar-refractivity contribution in [3.05, 3.63) is 38.5 Å². The predicted molar refractivity (Wildman–Crippen MR) is 97.7 cm³/mol. The normalized spacial score (nSPS) is 10.3. The van der Waals surface area contributed by atoms with E-state index in [4.69, 9.17) is 4.74 Å². The zero-order valence-electron chi connectivity index (χ0n) is 15.2. The summed E-state index contributed by atoms with van der Waals surface area (Å²) < 4.78 is 4.76. The molecule has 7 nitrogen and oxygen atoms in total. The van der Waals surface area contributed by atoms with Gasteiger partial charge in [0.2, 0.25) is 5.91 Å². The summed E-state index contributed by atoms with van der Waals surface area (Å²) >= 11 is 1.32. The molecule has 0 aliphatic rings. The second kappa shape index (κ2) is 7.54. The fourth-order valence-electron chi connectivity index (χ4n) is 2.70. The number of H-pyrrole nitrogens is 1. The third kappa shape index (κ3) is 3.53. The van der Waals surface area contributed by atoms with E-state index < -0.39 is 11.9 Å². The van der Waals surface area contributed by atoms with Gasteiger partial charge in [-0.1, -0.05) is 0 Å². The molecule has 2 aromatic rings. The van der Waals surface area contributed by atoms with Crippen LogP contribution in [0.5, 0.6) is 0 Å². The largest absolute Gasteiger partial charge is 0.465 e. The van der Waals surface area contributed by atoms with Gasteiger partial charge >= 0.3 is 5.97 Å². The lowest BCUT2D eigenvalue weighted by molar-refractivity contribution is -0.115. The molecule has 8 heteroatoms. The highest BCUT2D eigenvalue weighted by molar-refractivity contribution is 7.16. The summed E-state index contributed by atoms with van der Waals surface area (Å²) in [6.45, 7) is 6.70. The topological polar surface area (TPSA) is 112 Å². The summed E-state index contributed by atoms with van der Waals surface area (Å²) in [5, 5.41) is 12.5. The molecule has 2 rings (SSSR count). The second-order valence-corrected chi connectivity index (χ2v) is 7.08. The van der Waals surface area contributed by atoms with E-state index in [1.54, 1.807) is 6.92 Å². The first-order valence-corrected chi connectivity index (χ1v) is 8.63. The number of aryl methyl sites for hydroxylation is 1. The minimum atomic E-state index is -0.616. The number of Topliss-reactive ketones (excluding diaryl/α,β-unsaturated/α-hetero) is 1. The Hall–Kier alpha value is -2.92. The standard InChI is InChI=1S/C18H19N3O4S/c1-8-11(4)26-17(12(8)7-19)21-14(23)6-13-15(18(24)25-5)9(2)16(20-13)10(3)22/h20H,6H2,1-5H3,(H,21,23). The number of amides is 1. The van der Waals surface area contributed by atoms with Crippen LogP contribution in [0.2, 0.25) is 0 Å². The molecule has 0 saturated heterocycles. The molecule has 26 heavy (non-hydrogen) atoms. The number of methoxy groups -OCH3 is 1. The van der Waals surface area contributed by atoms with Gasteiger partial charge in [0, 0.05) is 17.5 Å². The van der Waals surface area contributed by atoms with Crippen LogP contribution in [0.1, 0.15) is 55.0 Å². The molecule has 0 atom stereocenters. The Morgan fingerprint density at radius 3 is 2.42 bits per heavy atom. The number of ketones is 1. The van der Waals surface area contributed by atoms with Crippen LogP contribution in [0.4, 0.5) is 5.00 Å². The molecule has 2 heterocycles. The Balaban J connectivity index is 2.34. The number of nitriles is 1. The van der Waals surface area contributed by atoms with E-state index in [0.717, 1.165) is 10.4 Å². The van der Waals surface area contributed by atoms with Crippen LogP contribution in [0.3, 0.4) is 0 Å². The number of aromatic nitrogens is 1. The number of ether oxygens (including phenoxy) is 1. The first-order chi connectivity index (χ1) is 12.2. The maximum absolute atomic E-state index is 12.5. The van der Waals surface area contributed by atoms with Gasteiger partial charge in [-0.15, -0.1) is 11.3 Å². The number of rotatable bonds is 5. The van der Waals surface area contributed by atoms with Crippen molar-refractivity contribution in [2.45, 2.75) is 34.1 Å². The lowest BCUT2D eigenvalue weighted by atomic mass is 10.1. The van der Waals surface area contributed by atoms with Crippen molar-refractivity contribution >= 4 is 34.0 Å². The summed E-state index contributed by atoms with van der Waals surface area (Å²) in [5.41, 5.74) is 2.48. The van der Waals surface area contributed by atoms with Crippen molar-refractivity contribution in [2.24, 2.45) is 0 Å². The van der Waals surface area contributed by atoms with Crippen LogP contribution in [-0.2, 0) is 16.0 Å². The van der Waals surface area contributed by atoms with Gasteiger partial charge in [0.05, 0.1) is 30.4 Å². The molecular formula is C18H19N3O4S. The molecular weight excluding hydrogens is 354 g/mol. The first-order valence-electron chi connectivity index (χ1n) is 7.81. The molecule has 0 aliphatic carbocycles. The van der Waals surface area contributed by atoms with E-state index in [0.29, 0.717) is 21.8 Å². The Labute approximate surface area is 155 Å². The number of aromatic amines is 1. The molecule has 0 radical (unpaired) electrons. The highest BCUT2D eigenvalue weighted by Crippen LogP contribution is 2.32. The molecule has 1 amide bonds. The summed E-state index contributed by atoms with van der Waals surface area (Å²) in [4.78, 5) is 40.0. The van der Waals surface area contributed by atoms with E-state index in [-0.39, 0.29) is 23.5 Å². The zero-order valence-corrected chi connectivity index (χ0v) is 16.0. The zero-order chi connectivity index (χ0) is 19.6. The number of thiophene rings is 1. The van der Waals surface area contributed by atoms with Crippen molar-refractivity contribution in [1.82, 2.24) is 4.98 Å². The number of anilines is 1. The monoisotopic (exact) mass is 373 g/mol. The molecule has 0 aromatic carbocycles. The molecule has 0 aliphatic heterocycles. The van der Waals surface area contributed by atoms with Gasteiger partial charge in [-0.2, -0.15) is 5.26 Å². The number of esters is 1. The predicted octanol–water partition coefficient (Wildman–Crippen LogP) is 3.04. The van der Waals surface area contributed by atoms with E-state index in [1.165, 1.54) is 25.4 Å². The van der Waals surface area contributed by atoms with Crippen molar-refractivity contribution in [1.29, 1.82) is 5.26 Å². The highest BCUT2D eigenvalue weighted by Gasteiger charge is 2.25. The van der Waals surface area contributed by atoms with Crippen LogP contribution in [-0.4, -0.2) is 29.8 Å². The van der Waals surface area contributed by atoms with Gasteiger partial charge in [0.15, 0.2) is 5.78 Å². The van der Waals surface area contributed by atoms with Gasteiger partial charge in [-0.25, -0.2) is 4.79 Å². The third-order valence-electron chi connectivity index (χ3n) is 4.16. The Kier molecular flexibility index (Phi) is 5.63. The van der Waals surface area contributed by atoms with E-state index in [2.05, 4.69) is 16.4 Å². The van der Waals surface area contributed by atoms with Crippen LogP contribution >= 0.6 is 11.3 Å². The summed E-state index contributed by atoms with van der Waals surface area (Å²) in [6.07, 6.45) is -0.153. The van der Waals surface area contributed by atoms with E-state index >= 15 is 0 Å². The van der Waals surface area contributed by atoms with Crippen molar-refractivity contribution < 1.29 is 19.1 Å². The van der Waals surface area contributed by atoms with Crippen LogP contribution in [0.15, 0.2) is 0 Å². The molecule has 2 N–H and O–H groups in total. The Morgan fingerprint density at radius 2 is 1.88 bits per heavy atom. The Morgan fingerprint density at radius 1 is 1.23 bits per heavy atom. The van der Waals surface area contributed by atoms with Crippen LogP contribution < -0.4 is 5.32 Å². The van der Waals surface area contributed by atoms with Gasteiger partial charge in [0.1, 0.15) is 11.1 Å². The third-order valence-corrected chi connectivity index (χ3v) is 5.28. The van der Waals surface area contributed by atoms with Crippen LogP contribution in [0, 0.1) is 32.1 Å².